The Morgan fingerprint density at radius 3 is 2.09 bits per heavy atom. The number of nitrogens with zero attached hydrogens (tertiary/aromatic N) is 1. The van der Waals surface area contributed by atoms with E-state index in [1.54, 1.807) is 0 Å². The average molecular weight is 279 g/mol. The number of fused-ring (bicyclic) bond motifs is 3. The van der Waals surface area contributed by atoms with Crippen molar-refractivity contribution in [3.8, 4) is 33.4 Å². The molecule has 102 valence electrons. The fraction of sp³-hybridized carbons (Fsp3) is 0. The van der Waals surface area contributed by atoms with Gasteiger partial charge in [0, 0.05) is 12.4 Å². The lowest BCUT2D eigenvalue weighted by Gasteiger charge is -2.07. The van der Waals surface area contributed by atoms with E-state index in [1.165, 1.54) is 44.2 Å². The lowest BCUT2D eigenvalue weighted by Crippen LogP contribution is -1.82. The molecule has 1 nitrogen and oxygen atoms in total. The first kappa shape index (κ1) is 11.7. The summed E-state index contributed by atoms with van der Waals surface area (Å²) in [5, 5.41) is 2.68. The topological polar surface area (TPSA) is 12.9 Å². The first-order valence-corrected chi connectivity index (χ1v) is 7.49. The maximum atomic E-state index is 4.12. The van der Waals surface area contributed by atoms with Crippen LogP contribution in [0.5, 0.6) is 0 Å². The second kappa shape index (κ2) is 4.28. The second-order valence-electron chi connectivity index (χ2n) is 5.71. The van der Waals surface area contributed by atoms with Crippen molar-refractivity contribution in [3.63, 3.8) is 0 Å². The Morgan fingerprint density at radius 1 is 0.545 bits per heavy atom. The normalized spacial score (nSPS) is 11.6. The third kappa shape index (κ3) is 1.51. The van der Waals surface area contributed by atoms with Crippen LogP contribution in [0.25, 0.3) is 44.2 Å². The van der Waals surface area contributed by atoms with Crippen LogP contribution in [0.3, 0.4) is 0 Å². The van der Waals surface area contributed by atoms with Gasteiger partial charge in [0.05, 0.1) is 0 Å². The van der Waals surface area contributed by atoms with Crippen LogP contribution in [0, 0.1) is 0 Å². The van der Waals surface area contributed by atoms with E-state index in [4.69, 9.17) is 0 Å². The third-order valence-electron chi connectivity index (χ3n) is 4.50. The molecular weight excluding hydrogens is 266 g/mol. The highest BCUT2D eigenvalue weighted by Gasteiger charge is 2.21. The summed E-state index contributed by atoms with van der Waals surface area (Å²) in [6, 6.07) is 24.0. The summed E-state index contributed by atoms with van der Waals surface area (Å²) in [6.07, 6.45) is 3.70. The molecular formula is C21H13N. The first-order valence-electron chi connectivity index (χ1n) is 7.49. The third-order valence-corrected chi connectivity index (χ3v) is 4.50. The summed E-state index contributed by atoms with van der Waals surface area (Å²) in [6.45, 7) is 0. The molecule has 0 fully saturated rings. The van der Waals surface area contributed by atoms with E-state index in [-0.39, 0.29) is 0 Å². The minimum absolute atomic E-state index is 1.21. The van der Waals surface area contributed by atoms with Gasteiger partial charge in [-0.25, -0.2) is 0 Å². The molecule has 1 heteroatoms. The predicted molar refractivity (Wildman–Crippen MR) is 91.6 cm³/mol. The lowest BCUT2D eigenvalue weighted by atomic mass is 9.97. The Hall–Kier alpha value is -2.93. The molecule has 5 rings (SSSR count). The average Bonchev–Trinajstić information content (AvgIpc) is 2.92. The summed E-state index contributed by atoms with van der Waals surface area (Å²) in [5.41, 5.74) is 7.83. The maximum absolute atomic E-state index is 4.12. The summed E-state index contributed by atoms with van der Waals surface area (Å²) in [4.78, 5) is 4.12. The largest absolute Gasteiger partial charge is 0.265 e. The van der Waals surface area contributed by atoms with Crippen LogP contribution in [0.4, 0.5) is 0 Å². The summed E-state index contributed by atoms with van der Waals surface area (Å²) in [5.74, 6) is 0. The standard InChI is InChI=1S/C21H13N/c1-2-6-18-17(5-1)19-7-3-4-15-12-16(13-20(18)21(15)19)14-8-10-22-11-9-14/h1-13H. The van der Waals surface area contributed by atoms with E-state index >= 15 is 0 Å². The van der Waals surface area contributed by atoms with Gasteiger partial charge in [0.2, 0.25) is 0 Å². The van der Waals surface area contributed by atoms with Gasteiger partial charge in [-0.2, -0.15) is 0 Å². The lowest BCUT2D eigenvalue weighted by molar-refractivity contribution is 1.33. The van der Waals surface area contributed by atoms with Gasteiger partial charge >= 0.3 is 0 Å². The van der Waals surface area contributed by atoms with Gasteiger partial charge in [-0.05, 0) is 68.4 Å². The van der Waals surface area contributed by atoms with Crippen molar-refractivity contribution in [2.24, 2.45) is 0 Å². The van der Waals surface area contributed by atoms with Gasteiger partial charge < -0.3 is 0 Å². The zero-order valence-electron chi connectivity index (χ0n) is 12.0. The van der Waals surface area contributed by atoms with E-state index in [2.05, 4.69) is 71.7 Å². The first-order chi connectivity index (χ1) is 10.9. The number of benzene rings is 3. The van der Waals surface area contributed by atoms with E-state index < -0.39 is 0 Å². The predicted octanol–water partition coefficient (Wildman–Crippen LogP) is 5.55. The van der Waals surface area contributed by atoms with Gasteiger partial charge in [-0.1, -0.05) is 42.5 Å². The Labute approximate surface area is 128 Å². The smallest absolute Gasteiger partial charge is 0.0273 e. The zero-order chi connectivity index (χ0) is 14.5. The molecule has 0 spiro atoms. The molecule has 0 saturated heterocycles. The SMILES string of the molecule is c1ccc2c(c1)-c1cccc3cc(-c4ccncc4)cc-2c13. The molecule has 0 amide bonds. The van der Waals surface area contributed by atoms with Gasteiger partial charge in [0.1, 0.15) is 0 Å². The minimum Gasteiger partial charge on any atom is -0.265 e. The summed E-state index contributed by atoms with van der Waals surface area (Å²) in [7, 11) is 0. The van der Waals surface area contributed by atoms with Crippen LogP contribution in [0.15, 0.2) is 79.1 Å². The molecule has 0 N–H and O–H groups in total. The Morgan fingerprint density at radius 2 is 1.27 bits per heavy atom. The van der Waals surface area contributed by atoms with Crippen molar-refractivity contribution in [3.05, 3.63) is 79.1 Å². The van der Waals surface area contributed by atoms with Gasteiger partial charge in [0.15, 0.2) is 0 Å². The van der Waals surface area contributed by atoms with Gasteiger partial charge in [0.25, 0.3) is 0 Å². The van der Waals surface area contributed by atoms with Crippen LogP contribution in [0.2, 0.25) is 0 Å². The van der Waals surface area contributed by atoms with Crippen LogP contribution in [-0.4, -0.2) is 4.98 Å². The van der Waals surface area contributed by atoms with E-state index in [9.17, 15) is 0 Å². The maximum Gasteiger partial charge on any atom is 0.0273 e. The number of pyridine rings is 1. The Bertz CT molecular complexity index is 1020. The fourth-order valence-corrected chi connectivity index (χ4v) is 3.53. The minimum atomic E-state index is 1.21. The van der Waals surface area contributed by atoms with Crippen LogP contribution < -0.4 is 0 Å². The van der Waals surface area contributed by atoms with E-state index in [0.29, 0.717) is 0 Å². The zero-order valence-corrected chi connectivity index (χ0v) is 12.0. The van der Waals surface area contributed by atoms with Crippen molar-refractivity contribution in [1.82, 2.24) is 4.98 Å². The molecule has 0 aliphatic heterocycles. The van der Waals surface area contributed by atoms with Crippen LogP contribution >= 0.6 is 0 Å². The molecule has 0 bridgehead atoms. The quantitative estimate of drug-likeness (QED) is 0.392. The molecule has 3 aromatic carbocycles. The monoisotopic (exact) mass is 279 g/mol. The molecule has 1 aliphatic carbocycles. The molecule has 1 aromatic heterocycles. The van der Waals surface area contributed by atoms with Crippen molar-refractivity contribution in [1.29, 1.82) is 0 Å². The summed E-state index contributed by atoms with van der Waals surface area (Å²) < 4.78 is 0. The number of hydrogen-bond donors (Lipinski definition) is 0. The molecule has 0 radical (unpaired) electrons. The highest BCUT2D eigenvalue weighted by Crippen LogP contribution is 2.48. The van der Waals surface area contributed by atoms with Crippen LogP contribution in [-0.2, 0) is 0 Å². The molecule has 1 aliphatic rings. The molecule has 0 saturated carbocycles. The van der Waals surface area contributed by atoms with E-state index in [1.807, 2.05) is 12.4 Å². The van der Waals surface area contributed by atoms with Crippen molar-refractivity contribution in [2.45, 2.75) is 0 Å². The Balaban J connectivity index is 1.90. The van der Waals surface area contributed by atoms with Crippen molar-refractivity contribution in [2.75, 3.05) is 0 Å². The highest BCUT2D eigenvalue weighted by molar-refractivity contribution is 6.16. The van der Waals surface area contributed by atoms with Crippen molar-refractivity contribution < 1.29 is 0 Å². The molecule has 0 unspecified atom stereocenters. The van der Waals surface area contributed by atoms with Gasteiger partial charge in [-0.3, -0.25) is 4.98 Å². The fourth-order valence-electron chi connectivity index (χ4n) is 3.53. The Kier molecular flexibility index (Phi) is 2.28. The van der Waals surface area contributed by atoms with Gasteiger partial charge in [-0.15, -0.1) is 0 Å². The summed E-state index contributed by atoms with van der Waals surface area (Å²) >= 11 is 0. The molecule has 22 heavy (non-hydrogen) atoms. The second-order valence-corrected chi connectivity index (χ2v) is 5.71. The number of rotatable bonds is 1. The number of hydrogen-bond acceptors (Lipinski definition) is 1. The molecule has 0 atom stereocenters. The van der Waals surface area contributed by atoms with Crippen molar-refractivity contribution >= 4 is 10.8 Å². The highest BCUT2D eigenvalue weighted by atomic mass is 14.6. The van der Waals surface area contributed by atoms with E-state index in [0.717, 1.165) is 0 Å². The molecule has 1 heterocycles. The van der Waals surface area contributed by atoms with Crippen LogP contribution in [0.1, 0.15) is 0 Å². The molecule has 4 aromatic rings. The number of aromatic nitrogens is 1.